The fraction of sp³-hybridized carbons (Fsp3) is 0.625. The van der Waals surface area contributed by atoms with Gasteiger partial charge < -0.3 is 10.2 Å². The lowest BCUT2D eigenvalue weighted by Crippen LogP contribution is -2.33. The molecule has 0 heterocycles. The van der Waals surface area contributed by atoms with Crippen molar-refractivity contribution >= 4 is 5.69 Å². The van der Waals surface area contributed by atoms with Crippen LogP contribution < -0.4 is 10.2 Å². The molecular weight excluding hydrogens is 239 g/mol. The lowest BCUT2D eigenvalue weighted by atomic mass is 9.94. The molecule has 0 spiro atoms. The van der Waals surface area contributed by atoms with Crippen LogP contribution in [0.3, 0.4) is 0 Å². The topological polar surface area (TPSA) is 15.3 Å². The van der Waals surface area contributed by atoms with Gasteiger partial charge in [-0.25, -0.2) is 4.39 Å². The summed E-state index contributed by atoms with van der Waals surface area (Å²) in [6.45, 7) is 2.04. The SMILES string of the molecule is CNC(C)c1ccc(N(C)C2CCCCC2)c(F)c1. The van der Waals surface area contributed by atoms with E-state index in [0.29, 0.717) is 6.04 Å². The zero-order chi connectivity index (χ0) is 13.8. The molecule has 2 nitrogen and oxygen atoms in total. The maximum Gasteiger partial charge on any atom is 0.146 e. The first-order valence-electron chi connectivity index (χ1n) is 7.33. The fourth-order valence-electron chi connectivity index (χ4n) is 2.91. The minimum Gasteiger partial charge on any atom is -0.369 e. The molecule has 1 aliphatic carbocycles. The van der Waals surface area contributed by atoms with Crippen molar-refractivity contribution in [2.24, 2.45) is 0 Å². The number of hydrogen-bond acceptors (Lipinski definition) is 2. The third-order valence-corrected chi connectivity index (χ3v) is 4.41. The Bertz CT molecular complexity index is 413. The van der Waals surface area contributed by atoms with E-state index in [1.807, 2.05) is 33.2 Å². The van der Waals surface area contributed by atoms with Gasteiger partial charge in [0, 0.05) is 19.1 Å². The standard InChI is InChI=1S/C16H25FN2/c1-12(18-2)13-9-10-16(15(17)11-13)19(3)14-7-5-4-6-8-14/h9-12,14,18H,4-8H2,1-3H3. The molecule has 1 N–H and O–H groups in total. The molecule has 0 amide bonds. The molecule has 1 saturated carbocycles. The molecule has 2 rings (SSSR count). The van der Waals surface area contributed by atoms with Crippen LogP contribution in [0.5, 0.6) is 0 Å². The van der Waals surface area contributed by atoms with Crippen molar-refractivity contribution in [3.63, 3.8) is 0 Å². The van der Waals surface area contributed by atoms with Crippen molar-refractivity contribution < 1.29 is 4.39 Å². The highest BCUT2D eigenvalue weighted by molar-refractivity contribution is 5.49. The summed E-state index contributed by atoms with van der Waals surface area (Å²) in [5.74, 6) is -0.104. The average molecular weight is 264 g/mol. The number of rotatable bonds is 4. The Kier molecular flexibility index (Phi) is 4.81. The Labute approximate surface area is 116 Å². The largest absolute Gasteiger partial charge is 0.369 e. The highest BCUT2D eigenvalue weighted by atomic mass is 19.1. The van der Waals surface area contributed by atoms with Crippen molar-refractivity contribution in [3.8, 4) is 0 Å². The molecule has 3 heteroatoms. The number of anilines is 1. The molecular formula is C16H25FN2. The number of benzene rings is 1. The predicted octanol–water partition coefficient (Wildman–Crippen LogP) is 3.88. The van der Waals surface area contributed by atoms with Gasteiger partial charge in [0.15, 0.2) is 0 Å². The first-order chi connectivity index (χ1) is 9.13. The number of hydrogen-bond donors (Lipinski definition) is 1. The van der Waals surface area contributed by atoms with Gasteiger partial charge in [-0.15, -0.1) is 0 Å². The minimum atomic E-state index is -0.104. The Hall–Kier alpha value is -1.09. The van der Waals surface area contributed by atoms with Crippen molar-refractivity contribution in [1.29, 1.82) is 0 Å². The smallest absolute Gasteiger partial charge is 0.146 e. The van der Waals surface area contributed by atoms with Gasteiger partial charge in [-0.05, 0) is 44.5 Å². The second-order valence-electron chi connectivity index (χ2n) is 5.62. The van der Waals surface area contributed by atoms with Crippen molar-refractivity contribution in [1.82, 2.24) is 5.32 Å². The molecule has 1 aromatic rings. The minimum absolute atomic E-state index is 0.104. The normalized spacial score (nSPS) is 18.3. The molecule has 0 aliphatic heterocycles. The van der Waals surface area contributed by atoms with Crippen LogP contribution in [0.2, 0.25) is 0 Å². The zero-order valence-corrected chi connectivity index (χ0v) is 12.2. The fourth-order valence-corrected chi connectivity index (χ4v) is 2.91. The maximum atomic E-state index is 14.3. The molecule has 1 aliphatic rings. The molecule has 106 valence electrons. The summed E-state index contributed by atoms with van der Waals surface area (Å²) < 4.78 is 14.3. The van der Waals surface area contributed by atoms with E-state index in [9.17, 15) is 4.39 Å². The molecule has 0 saturated heterocycles. The van der Waals surface area contributed by atoms with Crippen molar-refractivity contribution in [2.45, 2.75) is 51.1 Å². The summed E-state index contributed by atoms with van der Waals surface area (Å²) in [7, 11) is 3.92. The van der Waals surface area contributed by atoms with E-state index in [2.05, 4.69) is 10.2 Å². The highest BCUT2D eigenvalue weighted by Gasteiger charge is 2.20. The highest BCUT2D eigenvalue weighted by Crippen LogP contribution is 2.29. The van der Waals surface area contributed by atoms with Gasteiger partial charge in [0.05, 0.1) is 5.69 Å². The molecule has 1 aromatic carbocycles. The summed E-state index contributed by atoms with van der Waals surface area (Å²) in [4.78, 5) is 2.13. The van der Waals surface area contributed by atoms with Crippen LogP contribution in [0.25, 0.3) is 0 Å². The Morgan fingerprint density at radius 1 is 1.26 bits per heavy atom. The van der Waals surface area contributed by atoms with E-state index in [1.165, 1.54) is 32.1 Å². The van der Waals surface area contributed by atoms with E-state index in [1.54, 1.807) is 6.07 Å². The molecule has 1 fully saturated rings. The van der Waals surface area contributed by atoms with Gasteiger partial charge in [-0.2, -0.15) is 0 Å². The van der Waals surface area contributed by atoms with Crippen molar-refractivity contribution in [2.75, 3.05) is 19.0 Å². The lowest BCUT2D eigenvalue weighted by Gasteiger charge is -2.33. The van der Waals surface area contributed by atoms with Crippen molar-refractivity contribution in [3.05, 3.63) is 29.6 Å². The second-order valence-corrected chi connectivity index (χ2v) is 5.62. The van der Waals surface area contributed by atoms with E-state index >= 15 is 0 Å². The van der Waals surface area contributed by atoms with Crippen LogP contribution in [0, 0.1) is 5.82 Å². The van der Waals surface area contributed by atoms with Crippen LogP contribution in [0.15, 0.2) is 18.2 Å². The van der Waals surface area contributed by atoms with E-state index in [-0.39, 0.29) is 11.9 Å². The Morgan fingerprint density at radius 2 is 1.95 bits per heavy atom. The summed E-state index contributed by atoms with van der Waals surface area (Å²) in [5, 5.41) is 3.14. The lowest BCUT2D eigenvalue weighted by molar-refractivity contribution is 0.424. The summed E-state index contributed by atoms with van der Waals surface area (Å²) >= 11 is 0. The van der Waals surface area contributed by atoms with Crippen LogP contribution in [-0.4, -0.2) is 20.1 Å². The first-order valence-corrected chi connectivity index (χ1v) is 7.33. The third kappa shape index (κ3) is 3.27. The third-order valence-electron chi connectivity index (χ3n) is 4.41. The maximum absolute atomic E-state index is 14.3. The Morgan fingerprint density at radius 3 is 2.53 bits per heavy atom. The molecule has 0 bridgehead atoms. The van der Waals surface area contributed by atoms with Gasteiger partial charge in [0.2, 0.25) is 0 Å². The van der Waals surface area contributed by atoms with Gasteiger partial charge in [0.25, 0.3) is 0 Å². The van der Waals surface area contributed by atoms with Gasteiger partial charge >= 0.3 is 0 Å². The average Bonchev–Trinajstić information content (AvgIpc) is 2.46. The van der Waals surface area contributed by atoms with Crippen LogP contribution in [0.1, 0.15) is 50.6 Å². The monoisotopic (exact) mass is 264 g/mol. The zero-order valence-electron chi connectivity index (χ0n) is 12.2. The predicted molar refractivity (Wildman–Crippen MR) is 79.2 cm³/mol. The van der Waals surface area contributed by atoms with E-state index < -0.39 is 0 Å². The quantitative estimate of drug-likeness (QED) is 0.888. The molecule has 19 heavy (non-hydrogen) atoms. The van der Waals surface area contributed by atoms with Crippen LogP contribution >= 0.6 is 0 Å². The number of nitrogens with zero attached hydrogens (tertiary/aromatic N) is 1. The van der Waals surface area contributed by atoms with Gasteiger partial charge in [-0.3, -0.25) is 0 Å². The van der Waals surface area contributed by atoms with Crippen LogP contribution in [-0.2, 0) is 0 Å². The molecule has 0 aromatic heterocycles. The van der Waals surface area contributed by atoms with E-state index in [0.717, 1.165) is 11.3 Å². The number of halogens is 1. The molecule has 1 atom stereocenters. The van der Waals surface area contributed by atoms with E-state index in [4.69, 9.17) is 0 Å². The first kappa shape index (κ1) is 14.3. The molecule has 0 radical (unpaired) electrons. The number of nitrogens with one attached hydrogen (secondary N) is 1. The summed E-state index contributed by atoms with van der Waals surface area (Å²) in [6, 6.07) is 6.29. The van der Waals surface area contributed by atoms with Crippen LogP contribution in [0.4, 0.5) is 10.1 Å². The Balaban J connectivity index is 2.15. The summed E-state index contributed by atoms with van der Waals surface area (Å²) in [5.41, 5.74) is 1.74. The van der Waals surface area contributed by atoms with Gasteiger partial charge in [-0.1, -0.05) is 25.3 Å². The molecule has 1 unspecified atom stereocenters. The summed E-state index contributed by atoms with van der Waals surface area (Å²) in [6.07, 6.45) is 6.23. The second kappa shape index (κ2) is 6.38. The van der Waals surface area contributed by atoms with Gasteiger partial charge in [0.1, 0.15) is 5.82 Å².